The number of carbonyl (C=O) groups is 2. The first-order chi connectivity index (χ1) is 8.04. The van der Waals surface area contributed by atoms with Crippen LogP contribution in [0.25, 0.3) is 0 Å². The summed E-state index contributed by atoms with van der Waals surface area (Å²) < 4.78 is 9.58. The van der Waals surface area contributed by atoms with Gasteiger partial charge >= 0.3 is 11.9 Å². The van der Waals surface area contributed by atoms with E-state index >= 15 is 0 Å². The average Bonchev–Trinajstić information content (AvgIpc) is 2.66. The van der Waals surface area contributed by atoms with Gasteiger partial charge in [-0.05, 0) is 13.0 Å². The van der Waals surface area contributed by atoms with Crippen molar-refractivity contribution in [1.29, 1.82) is 0 Å². The Bertz CT molecular complexity index is 410. The Morgan fingerprint density at radius 2 is 2.24 bits per heavy atom. The van der Waals surface area contributed by atoms with Crippen LogP contribution in [0.3, 0.4) is 0 Å². The third-order valence-electron chi connectivity index (χ3n) is 2.17. The molecule has 0 atom stereocenters. The van der Waals surface area contributed by atoms with Crippen LogP contribution in [0.4, 0.5) is 0 Å². The van der Waals surface area contributed by atoms with Crippen LogP contribution in [0.5, 0.6) is 0 Å². The number of carbonyl (C=O) groups excluding carboxylic acids is 1. The number of methoxy groups -OCH3 is 1. The molecule has 1 N–H and O–H groups in total. The predicted octanol–water partition coefficient (Wildman–Crippen LogP) is 2.08. The van der Waals surface area contributed by atoms with Gasteiger partial charge in [-0.2, -0.15) is 11.8 Å². The van der Waals surface area contributed by atoms with Gasteiger partial charge in [0.1, 0.15) is 5.76 Å². The summed E-state index contributed by atoms with van der Waals surface area (Å²) in [7, 11) is 1.35. The Kier molecular flexibility index (Phi) is 5.09. The molecule has 0 aliphatic heterocycles. The number of ether oxygens (including phenoxy) is 1. The number of carboxylic acids is 1. The highest BCUT2D eigenvalue weighted by atomic mass is 32.2. The molecule has 0 saturated carbocycles. The maximum atomic E-state index is 10.9. The highest BCUT2D eigenvalue weighted by Gasteiger charge is 2.12. The zero-order valence-electron chi connectivity index (χ0n) is 9.69. The van der Waals surface area contributed by atoms with Gasteiger partial charge in [-0.1, -0.05) is 0 Å². The van der Waals surface area contributed by atoms with Crippen molar-refractivity contribution in [1.82, 2.24) is 0 Å². The summed E-state index contributed by atoms with van der Waals surface area (Å²) in [5, 5.41) is 8.74. The number of carboxylic acid groups (broad SMARTS) is 1. The molecular formula is C11H14O5S. The molecule has 0 bridgehead atoms. The molecule has 0 aliphatic carbocycles. The number of hydrogen-bond donors (Lipinski definition) is 1. The van der Waals surface area contributed by atoms with Crippen LogP contribution < -0.4 is 0 Å². The third-order valence-corrected chi connectivity index (χ3v) is 3.18. The Morgan fingerprint density at radius 1 is 1.53 bits per heavy atom. The standard InChI is InChI=1S/C11H14O5S/c1-7-8(5-9(16-7)11(13)14)6-17-4-3-10(12)15-2/h5H,3-4,6H2,1-2H3,(H,13,14). The fraction of sp³-hybridized carbons (Fsp3) is 0.455. The normalized spacial score (nSPS) is 10.2. The van der Waals surface area contributed by atoms with Gasteiger partial charge in [-0.15, -0.1) is 0 Å². The van der Waals surface area contributed by atoms with Crippen molar-refractivity contribution in [2.75, 3.05) is 12.9 Å². The molecule has 0 radical (unpaired) electrons. The maximum absolute atomic E-state index is 10.9. The van der Waals surface area contributed by atoms with E-state index in [1.807, 2.05) is 0 Å². The quantitative estimate of drug-likeness (QED) is 0.622. The summed E-state index contributed by atoms with van der Waals surface area (Å²) in [5.41, 5.74) is 0.845. The number of aromatic carboxylic acids is 1. The largest absolute Gasteiger partial charge is 0.475 e. The van der Waals surface area contributed by atoms with Gasteiger partial charge in [0.2, 0.25) is 5.76 Å². The fourth-order valence-corrected chi connectivity index (χ4v) is 2.17. The summed E-state index contributed by atoms with van der Waals surface area (Å²) in [6, 6.07) is 1.52. The number of esters is 1. The van der Waals surface area contributed by atoms with Crippen LogP contribution in [0, 0.1) is 6.92 Å². The lowest BCUT2D eigenvalue weighted by Gasteiger charge is -1.99. The summed E-state index contributed by atoms with van der Waals surface area (Å²) in [6.07, 6.45) is 0.351. The molecule has 0 fully saturated rings. The molecule has 0 saturated heterocycles. The van der Waals surface area contributed by atoms with E-state index in [-0.39, 0.29) is 11.7 Å². The number of aryl methyl sites for hydroxylation is 1. The van der Waals surface area contributed by atoms with Crippen molar-refractivity contribution in [3.63, 3.8) is 0 Å². The van der Waals surface area contributed by atoms with Crippen molar-refractivity contribution in [2.45, 2.75) is 19.1 Å². The molecule has 0 unspecified atom stereocenters. The second-order valence-electron chi connectivity index (χ2n) is 3.38. The summed E-state index contributed by atoms with van der Waals surface area (Å²) in [6.45, 7) is 1.72. The van der Waals surface area contributed by atoms with Gasteiger partial charge in [0.05, 0.1) is 13.5 Å². The zero-order chi connectivity index (χ0) is 12.8. The molecule has 6 heteroatoms. The summed E-state index contributed by atoms with van der Waals surface area (Å²) in [5.74, 6) is 0.504. The van der Waals surface area contributed by atoms with E-state index in [9.17, 15) is 9.59 Å². The number of thioether (sulfide) groups is 1. The number of rotatable bonds is 6. The van der Waals surface area contributed by atoms with Crippen LogP contribution in [0.2, 0.25) is 0 Å². The van der Waals surface area contributed by atoms with Gasteiger partial charge in [-0.3, -0.25) is 4.79 Å². The van der Waals surface area contributed by atoms with E-state index in [0.29, 0.717) is 23.7 Å². The Morgan fingerprint density at radius 3 is 2.76 bits per heavy atom. The van der Waals surface area contributed by atoms with Crippen LogP contribution >= 0.6 is 11.8 Å². The molecular weight excluding hydrogens is 244 g/mol. The van der Waals surface area contributed by atoms with Crippen LogP contribution in [-0.4, -0.2) is 29.9 Å². The third kappa shape index (κ3) is 4.14. The fourth-order valence-electron chi connectivity index (χ4n) is 1.21. The molecule has 0 amide bonds. The van der Waals surface area contributed by atoms with E-state index < -0.39 is 5.97 Å². The topological polar surface area (TPSA) is 76.7 Å². The van der Waals surface area contributed by atoms with Crippen molar-refractivity contribution in [3.8, 4) is 0 Å². The number of hydrogen-bond acceptors (Lipinski definition) is 5. The molecule has 0 aromatic carbocycles. The first kappa shape index (κ1) is 13.6. The van der Waals surface area contributed by atoms with Crippen molar-refractivity contribution < 1.29 is 23.8 Å². The highest BCUT2D eigenvalue weighted by molar-refractivity contribution is 7.98. The summed E-state index contributed by atoms with van der Waals surface area (Å²) >= 11 is 1.54. The first-order valence-electron chi connectivity index (χ1n) is 5.01. The molecule has 5 nitrogen and oxygen atoms in total. The average molecular weight is 258 g/mol. The molecule has 1 aromatic rings. The van der Waals surface area contributed by atoms with Crippen LogP contribution in [0.1, 0.15) is 28.3 Å². The maximum Gasteiger partial charge on any atom is 0.371 e. The Balaban J connectivity index is 2.41. The molecule has 94 valence electrons. The van der Waals surface area contributed by atoms with Gasteiger partial charge in [-0.25, -0.2) is 4.79 Å². The minimum atomic E-state index is -1.07. The molecule has 0 spiro atoms. The van der Waals surface area contributed by atoms with Gasteiger partial charge in [0, 0.05) is 17.1 Å². The van der Waals surface area contributed by atoms with E-state index in [2.05, 4.69) is 4.74 Å². The van der Waals surface area contributed by atoms with Crippen molar-refractivity contribution in [3.05, 3.63) is 23.2 Å². The van der Waals surface area contributed by atoms with Crippen molar-refractivity contribution in [2.24, 2.45) is 0 Å². The van der Waals surface area contributed by atoms with Crippen LogP contribution in [-0.2, 0) is 15.3 Å². The summed E-state index contributed by atoms with van der Waals surface area (Å²) in [4.78, 5) is 21.5. The van der Waals surface area contributed by atoms with Crippen LogP contribution in [0.15, 0.2) is 10.5 Å². The van der Waals surface area contributed by atoms with E-state index in [0.717, 1.165) is 5.56 Å². The first-order valence-corrected chi connectivity index (χ1v) is 6.17. The molecule has 1 aromatic heterocycles. The van der Waals surface area contributed by atoms with Gasteiger partial charge in [0.25, 0.3) is 0 Å². The minimum absolute atomic E-state index is 0.0499. The highest BCUT2D eigenvalue weighted by Crippen LogP contribution is 2.20. The second kappa shape index (κ2) is 6.34. The van der Waals surface area contributed by atoms with E-state index in [1.165, 1.54) is 24.9 Å². The SMILES string of the molecule is COC(=O)CCSCc1cc(C(=O)O)oc1C. The monoisotopic (exact) mass is 258 g/mol. The van der Waals surface area contributed by atoms with E-state index in [1.54, 1.807) is 6.92 Å². The molecule has 0 aliphatic rings. The zero-order valence-corrected chi connectivity index (χ0v) is 10.5. The lowest BCUT2D eigenvalue weighted by molar-refractivity contribution is -0.140. The minimum Gasteiger partial charge on any atom is -0.475 e. The molecule has 1 rings (SSSR count). The number of furan rings is 1. The van der Waals surface area contributed by atoms with Gasteiger partial charge in [0.15, 0.2) is 0 Å². The lowest BCUT2D eigenvalue weighted by atomic mass is 10.3. The Hall–Kier alpha value is -1.43. The van der Waals surface area contributed by atoms with Crippen molar-refractivity contribution >= 4 is 23.7 Å². The molecule has 1 heterocycles. The molecule has 17 heavy (non-hydrogen) atoms. The second-order valence-corrected chi connectivity index (χ2v) is 4.48. The Labute approximate surface area is 103 Å². The lowest BCUT2D eigenvalue weighted by Crippen LogP contribution is -2.01. The van der Waals surface area contributed by atoms with Gasteiger partial charge < -0.3 is 14.3 Å². The van der Waals surface area contributed by atoms with E-state index in [4.69, 9.17) is 9.52 Å². The predicted molar refractivity (Wildman–Crippen MR) is 63.2 cm³/mol. The smallest absolute Gasteiger partial charge is 0.371 e.